The van der Waals surface area contributed by atoms with Crippen molar-refractivity contribution in [3.63, 3.8) is 0 Å². The summed E-state index contributed by atoms with van der Waals surface area (Å²) in [6, 6.07) is 5.75. The van der Waals surface area contributed by atoms with Crippen molar-refractivity contribution in [2.45, 2.75) is 19.3 Å². The average Bonchev–Trinajstić information content (AvgIpc) is 2.98. The Morgan fingerprint density at radius 1 is 1.17 bits per heavy atom. The van der Waals surface area contributed by atoms with Gasteiger partial charge in [0, 0.05) is 19.2 Å². The van der Waals surface area contributed by atoms with E-state index in [0.29, 0.717) is 18.8 Å². The van der Waals surface area contributed by atoms with E-state index >= 15 is 0 Å². The lowest BCUT2D eigenvalue weighted by Gasteiger charge is -2.19. The largest absolute Gasteiger partial charge is 0.493 e. The lowest BCUT2D eigenvalue weighted by molar-refractivity contribution is -0.130. The lowest BCUT2D eigenvalue weighted by Crippen LogP contribution is -2.34. The minimum Gasteiger partial charge on any atom is -0.493 e. The van der Waals surface area contributed by atoms with Crippen LogP contribution in [0.2, 0.25) is 0 Å². The van der Waals surface area contributed by atoms with E-state index in [1.807, 2.05) is 17.0 Å². The number of benzene rings is 1. The highest BCUT2D eigenvalue weighted by atomic mass is 16.5. The monoisotopic (exact) mass is 316 g/mol. The fraction of sp³-hybridized carbons (Fsp3) is 0.412. The van der Waals surface area contributed by atoms with E-state index in [9.17, 15) is 4.79 Å². The summed E-state index contributed by atoms with van der Waals surface area (Å²) in [6.07, 6.45) is 3.37. The first kappa shape index (κ1) is 15.4. The maximum atomic E-state index is 12.4. The summed E-state index contributed by atoms with van der Waals surface area (Å²) in [5.74, 6) is 1.54. The second-order valence-corrected chi connectivity index (χ2v) is 5.52. The first-order valence-electron chi connectivity index (χ1n) is 7.62. The molecule has 0 atom stereocenters. The van der Waals surface area contributed by atoms with Crippen LogP contribution in [0.3, 0.4) is 0 Å². The highest BCUT2D eigenvalue weighted by Crippen LogP contribution is 2.32. The number of fused-ring (bicyclic) bond motifs is 1. The average molecular weight is 316 g/mol. The molecule has 122 valence electrons. The molecule has 0 spiro atoms. The number of aromatic nitrogens is 1. The number of rotatable bonds is 4. The van der Waals surface area contributed by atoms with E-state index in [0.717, 1.165) is 24.3 Å². The summed E-state index contributed by atoms with van der Waals surface area (Å²) in [5, 5.41) is 3.80. The zero-order valence-corrected chi connectivity index (χ0v) is 13.4. The van der Waals surface area contributed by atoms with Gasteiger partial charge in [0.15, 0.2) is 11.5 Å². The molecule has 1 aliphatic rings. The summed E-state index contributed by atoms with van der Waals surface area (Å²) in [5.41, 5.74) is 3.08. The number of nitrogens with zero attached hydrogens (tertiary/aromatic N) is 2. The van der Waals surface area contributed by atoms with Crippen LogP contribution >= 0.6 is 0 Å². The summed E-state index contributed by atoms with van der Waals surface area (Å²) >= 11 is 0. The van der Waals surface area contributed by atoms with Gasteiger partial charge in [0.2, 0.25) is 5.91 Å². The van der Waals surface area contributed by atoms with E-state index in [2.05, 4.69) is 5.16 Å². The Labute approximate surface area is 135 Å². The van der Waals surface area contributed by atoms with Gasteiger partial charge in [-0.05, 0) is 36.1 Å². The van der Waals surface area contributed by atoms with Gasteiger partial charge in [-0.3, -0.25) is 4.79 Å². The van der Waals surface area contributed by atoms with Crippen LogP contribution in [-0.2, 0) is 24.1 Å². The predicted molar refractivity (Wildman–Crippen MR) is 83.7 cm³/mol. The summed E-state index contributed by atoms with van der Waals surface area (Å²) in [6.45, 7) is 1.39. The minimum absolute atomic E-state index is 0.0747. The van der Waals surface area contributed by atoms with Crippen molar-refractivity contribution < 1.29 is 18.8 Å². The van der Waals surface area contributed by atoms with E-state index < -0.39 is 0 Å². The minimum atomic E-state index is 0.0747. The Hall–Kier alpha value is -2.50. The summed E-state index contributed by atoms with van der Waals surface area (Å²) in [7, 11) is 3.27. The molecular formula is C17H20N2O4. The number of methoxy groups -OCH3 is 2. The topological polar surface area (TPSA) is 64.8 Å². The Balaban J connectivity index is 1.73. The Bertz CT molecular complexity index is 647. The first-order chi connectivity index (χ1) is 11.2. The van der Waals surface area contributed by atoms with Crippen LogP contribution in [0.4, 0.5) is 0 Å². The third-order valence-electron chi connectivity index (χ3n) is 4.18. The van der Waals surface area contributed by atoms with Crippen molar-refractivity contribution in [3.05, 3.63) is 41.3 Å². The first-order valence-corrected chi connectivity index (χ1v) is 7.62. The molecule has 1 amide bonds. The molecule has 0 radical (unpaired) electrons. The fourth-order valence-corrected chi connectivity index (χ4v) is 2.90. The smallest absolute Gasteiger partial charge is 0.228 e. The van der Waals surface area contributed by atoms with Crippen molar-refractivity contribution in [1.82, 2.24) is 10.1 Å². The number of ether oxygens (including phenoxy) is 2. The Morgan fingerprint density at radius 2 is 1.78 bits per heavy atom. The quantitative estimate of drug-likeness (QED) is 0.861. The summed E-state index contributed by atoms with van der Waals surface area (Å²) < 4.78 is 15.5. The Morgan fingerprint density at radius 3 is 2.26 bits per heavy atom. The molecule has 0 saturated carbocycles. The van der Waals surface area contributed by atoms with E-state index in [1.54, 1.807) is 20.3 Å². The van der Waals surface area contributed by atoms with Gasteiger partial charge < -0.3 is 18.9 Å². The van der Waals surface area contributed by atoms with Gasteiger partial charge in [-0.2, -0.15) is 0 Å². The second-order valence-electron chi connectivity index (χ2n) is 5.52. The number of carbonyl (C=O) groups is 1. The number of amides is 1. The molecule has 0 fully saturated rings. The third-order valence-corrected chi connectivity index (χ3v) is 4.18. The molecule has 0 N–H and O–H groups in total. The Kier molecular flexibility index (Phi) is 4.50. The number of carbonyl (C=O) groups excluding carboxylic acids is 1. The van der Waals surface area contributed by atoms with E-state index in [4.69, 9.17) is 14.0 Å². The van der Waals surface area contributed by atoms with Crippen molar-refractivity contribution >= 4 is 5.91 Å². The van der Waals surface area contributed by atoms with Crippen LogP contribution < -0.4 is 9.47 Å². The highest BCUT2D eigenvalue weighted by Gasteiger charge is 2.21. The van der Waals surface area contributed by atoms with Gasteiger partial charge in [-0.25, -0.2) is 0 Å². The van der Waals surface area contributed by atoms with Crippen LogP contribution in [0.15, 0.2) is 29.0 Å². The fourth-order valence-electron chi connectivity index (χ4n) is 2.90. The highest BCUT2D eigenvalue weighted by molar-refractivity contribution is 5.78. The van der Waals surface area contributed by atoms with E-state index in [1.165, 1.54) is 17.4 Å². The standard InChI is InChI=1S/C17H20N2O4/c1-21-15-9-12-3-6-19(7-4-13(12)10-16(15)22-2)17(20)11-14-5-8-23-18-14/h5,8-10H,3-4,6-7,11H2,1-2H3. The molecule has 1 aromatic carbocycles. The molecule has 23 heavy (non-hydrogen) atoms. The van der Waals surface area contributed by atoms with Gasteiger partial charge in [0.1, 0.15) is 6.26 Å². The molecule has 0 bridgehead atoms. The zero-order valence-electron chi connectivity index (χ0n) is 13.4. The zero-order chi connectivity index (χ0) is 16.2. The van der Waals surface area contributed by atoms with Crippen molar-refractivity contribution in [3.8, 4) is 11.5 Å². The van der Waals surface area contributed by atoms with Crippen molar-refractivity contribution in [2.24, 2.45) is 0 Å². The predicted octanol–water partition coefficient (Wildman–Crippen LogP) is 1.86. The molecule has 3 rings (SSSR count). The molecule has 0 saturated heterocycles. The maximum absolute atomic E-state index is 12.4. The SMILES string of the molecule is COc1cc2c(cc1OC)CCN(C(=O)Cc1ccon1)CC2. The van der Waals surface area contributed by atoms with E-state index in [-0.39, 0.29) is 12.3 Å². The van der Waals surface area contributed by atoms with Gasteiger partial charge in [0.05, 0.1) is 26.3 Å². The van der Waals surface area contributed by atoms with Crippen LogP contribution in [0.25, 0.3) is 0 Å². The molecule has 2 aromatic rings. The van der Waals surface area contributed by atoms with Crippen LogP contribution in [0.5, 0.6) is 11.5 Å². The number of hydrogen-bond donors (Lipinski definition) is 0. The third kappa shape index (κ3) is 3.31. The molecule has 0 aliphatic carbocycles. The number of hydrogen-bond acceptors (Lipinski definition) is 5. The molecule has 6 nitrogen and oxygen atoms in total. The molecule has 1 aliphatic heterocycles. The van der Waals surface area contributed by atoms with Crippen LogP contribution in [0, 0.1) is 0 Å². The van der Waals surface area contributed by atoms with Gasteiger partial charge in [0.25, 0.3) is 0 Å². The van der Waals surface area contributed by atoms with Gasteiger partial charge in [-0.15, -0.1) is 0 Å². The molecule has 1 aromatic heterocycles. The van der Waals surface area contributed by atoms with Crippen molar-refractivity contribution in [1.29, 1.82) is 0 Å². The second kappa shape index (κ2) is 6.73. The normalized spacial score (nSPS) is 14.1. The summed E-state index contributed by atoms with van der Waals surface area (Å²) in [4.78, 5) is 14.3. The molecule has 2 heterocycles. The molecule has 0 unspecified atom stereocenters. The van der Waals surface area contributed by atoms with Crippen LogP contribution in [-0.4, -0.2) is 43.3 Å². The molecular weight excluding hydrogens is 296 g/mol. The molecule has 6 heteroatoms. The maximum Gasteiger partial charge on any atom is 0.228 e. The van der Waals surface area contributed by atoms with Crippen LogP contribution in [0.1, 0.15) is 16.8 Å². The van der Waals surface area contributed by atoms with Crippen molar-refractivity contribution in [2.75, 3.05) is 27.3 Å². The van der Waals surface area contributed by atoms with Gasteiger partial charge >= 0.3 is 0 Å². The van der Waals surface area contributed by atoms with Gasteiger partial charge in [-0.1, -0.05) is 5.16 Å². The lowest BCUT2D eigenvalue weighted by atomic mass is 10.0.